The lowest BCUT2D eigenvalue weighted by molar-refractivity contribution is -0.00840. The molecule has 0 aliphatic heterocycles. The molecule has 0 saturated heterocycles. The Morgan fingerprint density at radius 2 is 2.09 bits per heavy atom. The van der Waals surface area contributed by atoms with Crippen LogP contribution in [-0.2, 0) is 0 Å². The largest absolute Gasteiger partial charge is 0.507 e. The average Bonchev–Trinajstić information content (AvgIpc) is 2.34. The van der Waals surface area contributed by atoms with E-state index in [0.717, 1.165) is 12.0 Å². The van der Waals surface area contributed by atoms with E-state index >= 15 is 0 Å². The first-order valence-corrected chi connectivity index (χ1v) is 7.72. The van der Waals surface area contributed by atoms with Gasteiger partial charge in [0.1, 0.15) is 5.75 Å². The molecule has 1 aromatic rings. The summed E-state index contributed by atoms with van der Waals surface area (Å²) in [5.74, 6) is -0.372. The Balaban J connectivity index is 2.10. The van der Waals surface area contributed by atoms with Gasteiger partial charge in [-0.25, -0.2) is 0 Å². The van der Waals surface area contributed by atoms with Gasteiger partial charge in [-0.3, -0.25) is 4.79 Å². The molecule has 4 heteroatoms. The van der Waals surface area contributed by atoms with Gasteiger partial charge in [-0.15, -0.1) is 0 Å². The fourth-order valence-electron chi connectivity index (χ4n) is 3.73. The number of aliphatic hydroxyl groups is 1. The standard InChI is InChI=1S/C18H27NO3/c1-12-5-6-15(21)14(7-12)16(22)19-11-18(4)9-13(20)8-17(2,3)10-18/h5-7,13,20-21H,8-11H2,1-4H3,(H,19,22)/t13-,18-/m0/s1/i13T. The van der Waals surface area contributed by atoms with Crippen LogP contribution in [0, 0.1) is 17.8 Å². The number of amides is 1. The maximum absolute atomic E-state index is 12.3. The summed E-state index contributed by atoms with van der Waals surface area (Å²) in [5, 5.41) is 22.9. The second kappa shape index (κ2) is 5.92. The summed E-state index contributed by atoms with van der Waals surface area (Å²) in [6.45, 7) is 8.30. The number of benzene rings is 1. The number of carbonyl (C=O) groups excluding carboxylic acids is 1. The molecule has 1 aromatic carbocycles. The van der Waals surface area contributed by atoms with E-state index in [2.05, 4.69) is 5.32 Å². The van der Waals surface area contributed by atoms with Crippen LogP contribution in [0.2, 0.25) is 0 Å². The van der Waals surface area contributed by atoms with E-state index in [-0.39, 0.29) is 28.1 Å². The van der Waals surface area contributed by atoms with E-state index in [4.69, 9.17) is 1.37 Å². The average molecular weight is 307 g/mol. The lowest BCUT2D eigenvalue weighted by atomic mass is 9.63. The van der Waals surface area contributed by atoms with Crippen LogP contribution in [0.4, 0.5) is 0 Å². The number of rotatable bonds is 3. The molecule has 1 fully saturated rings. The third kappa shape index (κ3) is 4.01. The van der Waals surface area contributed by atoms with Gasteiger partial charge in [0.2, 0.25) is 0 Å². The van der Waals surface area contributed by atoms with E-state index in [1.54, 1.807) is 12.1 Å². The number of carbonyl (C=O) groups is 1. The highest BCUT2D eigenvalue weighted by Crippen LogP contribution is 2.45. The first kappa shape index (κ1) is 15.3. The first-order valence-electron chi connectivity index (χ1n) is 8.22. The van der Waals surface area contributed by atoms with Crippen LogP contribution in [0.5, 0.6) is 5.75 Å². The van der Waals surface area contributed by atoms with Crippen LogP contribution in [0.3, 0.4) is 0 Å². The van der Waals surface area contributed by atoms with Crippen molar-refractivity contribution < 1.29 is 16.4 Å². The van der Waals surface area contributed by atoms with Crippen molar-refractivity contribution >= 4 is 5.91 Å². The molecule has 0 unspecified atom stereocenters. The number of aryl methyl sites for hydroxylation is 1. The highest BCUT2D eigenvalue weighted by Gasteiger charge is 2.40. The zero-order valence-corrected chi connectivity index (χ0v) is 13.9. The fraction of sp³-hybridized carbons (Fsp3) is 0.611. The van der Waals surface area contributed by atoms with Crippen molar-refractivity contribution in [2.75, 3.05) is 6.54 Å². The van der Waals surface area contributed by atoms with Crippen LogP contribution in [-0.4, -0.2) is 28.7 Å². The van der Waals surface area contributed by atoms with Crippen LogP contribution >= 0.6 is 0 Å². The van der Waals surface area contributed by atoms with Crippen molar-refractivity contribution in [3.8, 4) is 5.75 Å². The summed E-state index contributed by atoms with van der Waals surface area (Å²) >= 11 is 0. The molecule has 1 saturated carbocycles. The maximum Gasteiger partial charge on any atom is 0.255 e. The predicted octanol–water partition coefficient (Wildman–Crippen LogP) is 3.01. The van der Waals surface area contributed by atoms with E-state index < -0.39 is 6.08 Å². The molecule has 3 N–H and O–H groups in total. The zero-order chi connectivity index (χ0) is 17.5. The minimum absolute atomic E-state index is 0.0424. The predicted molar refractivity (Wildman–Crippen MR) is 86.9 cm³/mol. The van der Waals surface area contributed by atoms with Gasteiger partial charge in [0.05, 0.1) is 13.0 Å². The van der Waals surface area contributed by atoms with E-state index in [0.29, 0.717) is 19.4 Å². The number of nitrogens with one attached hydrogen (secondary N) is 1. The molecule has 0 aromatic heterocycles. The molecular weight excluding hydrogens is 278 g/mol. The van der Waals surface area contributed by atoms with Crippen LogP contribution in [0.1, 0.15) is 57.3 Å². The van der Waals surface area contributed by atoms with Crippen LogP contribution in [0.15, 0.2) is 18.2 Å². The van der Waals surface area contributed by atoms with Gasteiger partial charge >= 0.3 is 0 Å². The lowest BCUT2D eigenvalue weighted by Crippen LogP contribution is -2.45. The minimum atomic E-state index is -1.47. The second-order valence-electron chi connectivity index (χ2n) is 7.77. The first-order chi connectivity index (χ1) is 10.4. The molecule has 4 nitrogen and oxygen atoms in total. The molecule has 1 aliphatic rings. The summed E-state index contributed by atoms with van der Waals surface area (Å²) < 4.78 is 8.05. The molecule has 2 atom stereocenters. The molecule has 0 spiro atoms. The van der Waals surface area contributed by atoms with Crippen molar-refractivity contribution in [1.29, 1.82) is 0 Å². The van der Waals surface area contributed by atoms with Crippen molar-refractivity contribution in [2.24, 2.45) is 10.8 Å². The Morgan fingerprint density at radius 1 is 1.41 bits per heavy atom. The molecule has 1 aliphatic carbocycles. The topological polar surface area (TPSA) is 69.6 Å². The SMILES string of the molecule is [3H][C@]1(O)CC(C)(C)C[C@@](C)(CNC(=O)c2cc(C)ccc2O)C1. The Hall–Kier alpha value is -1.55. The molecule has 0 heterocycles. The second-order valence-corrected chi connectivity index (χ2v) is 7.77. The Kier molecular flexibility index (Phi) is 4.13. The Morgan fingerprint density at radius 3 is 2.73 bits per heavy atom. The minimum Gasteiger partial charge on any atom is -0.507 e. The maximum atomic E-state index is 12.3. The highest BCUT2D eigenvalue weighted by atomic mass is 16.3. The molecular formula is C18H27NO3. The number of hydrogen-bond donors (Lipinski definition) is 3. The van der Waals surface area contributed by atoms with Crippen LogP contribution < -0.4 is 5.32 Å². The Labute approximate surface area is 134 Å². The summed E-state index contributed by atoms with van der Waals surface area (Å²) in [5.41, 5.74) is 0.649. The zero-order valence-electron chi connectivity index (χ0n) is 14.9. The number of phenolic OH excluding ortho intramolecular Hbond substituents is 1. The van der Waals surface area contributed by atoms with Gasteiger partial charge in [-0.1, -0.05) is 32.4 Å². The van der Waals surface area contributed by atoms with Crippen molar-refractivity contribution in [2.45, 2.75) is 53.0 Å². The fourth-order valence-corrected chi connectivity index (χ4v) is 3.73. The third-order valence-corrected chi connectivity index (χ3v) is 4.29. The summed E-state index contributed by atoms with van der Waals surface area (Å²) in [6.07, 6.45) is 0.111. The van der Waals surface area contributed by atoms with Gasteiger partial charge in [-0.05, 0) is 49.1 Å². The summed E-state index contributed by atoms with van der Waals surface area (Å²) in [7, 11) is 0. The van der Waals surface area contributed by atoms with Crippen molar-refractivity contribution in [3.63, 3.8) is 0 Å². The number of phenols is 1. The van der Waals surface area contributed by atoms with Gasteiger partial charge < -0.3 is 15.5 Å². The van der Waals surface area contributed by atoms with Crippen molar-refractivity contribution in [3.05, 3.63) is 29.3 Å². The van der Waals surface area contributed by atoms with Crippen molar-refractivity contribution in [1.82, 2.24) is 5.32 Å². The smallest absolute Gasteiger partial charge is 0.255 e. The van der Waals surface area contributed by atoms with Gasteiger partial charge in [0.15, 0.2) is 0 Å². The monoisotopic (exact) mass is 307 g/mol. The molecule has 2 rings (SSSR count). The molecule has 122 valence electrons. The molecule has 0 bridgehead atoms. The summed E-state index contributed by atoms with van der Waals surface area (Å²) in [6, 6.07) is 4.91. The lowest BCUT2D eigenvalue weighted by Gasteiger charge is -2.45. The highest BCUT2D eigenvalue weighted by molar-refractivity contribution is 5.97. The van der Waals surface area contributed by atoms with Crippen LogP contribution in [0.25, 0.3) is 0 Å². The molecule has 22 heavy (non-hydrogen) atoms. The number of aromatic hydroxyl groups is 1. The van der Waals surface area contributed by atoms with E-state index in [1.165, 1.54) is 6.07 Å². The molecule has 0 radical (unpaired) electrons. The normalized spacial score (nSPS) is 31.4. The van der Waals surface area contributed by atoms with E-state index in [1.807, 2.05) is 27.7 Å². The quantitative estimate of drug-likeness (QED) is 0.804. The van der Waals surface area contributed by atoms with Gasteiger partial charge in [-0.2, -0.15) is 0 Å². The number of hydrogen-bond acceptors (Lipinski definition) is 3. The Bertz CT molecular complexity index is 594. The summed E-state index contributed by atoms with van der Waals surface area (Å²) in [4.78, 5) is 12.3. The van der Waals surface area contributed by atoms with Gasteiger partial charge in [0.25, 0.3) is 5.91 Å². The van der Waals surface area contributed by atoms with Gasteiger partial charge in [0, 0.05) is 6.54 Å². The molecule has 1 amide bonds. The third-order valence-electron chi connectivity index (χ3n) is 4.29. The van der Waals surface area contributed by atoms with E-state index in [9.17, 15) is 15.0 Å².